The quantitative estimate of drug-likeness (QED) is 0.803. The Kier molecular flexibility index (Phi) is 2.89. The Morgan fingerprint density at radius 1 is 1.24 bits per heavy atom. The van der Waals surface area contributed by atoms with Crippen molar-refractivity contribution < 1.29 is 8.42 Å². The van der Waals surface area contributed by atoms with Gasteiger partial charge in [0.1, 0.15) is 4.90 Å². The predicted molar refractivity (Wildman–Crippen MR) is 81.6 cm³/mol. The Balaban J connectivity index is 1.67. The maximum atomic E-state index is 12.8. The minimum atomic E-state index is -3.49. The van der Waals surface area contributed by atoms with Gasteiger partial charge in [0, 0.05) is 22.6 Å². The van der Waals surface area contributed by atoms with Crippen molar-refractivity contribution in [2.24, 2.45) is 5.92 Å². The highest BCUT2D eigenvalue weighted by molar-refractivity contribution is 7.89. The molecule has 2 fully saturated rings. The van der Waals surface area contributed by atoms with Crippen molar-refractivity contribution in [3.8, 4) is 0 Å². The first kappa shape index (κ1) is 13.3. The number of rotatable bonds is 4. The lowest BCUT2D eigenvalue weighted by Crippen LogP contribution is -2.43. The number of H-pyrrole nitrogens is 1. The number of benzene rings is 1. The number of nitrogens with one attached hydrogen (secondary N) is 3. The van der Waals surface area contributed by atoms with Gasteiger partial charge in [0.05, 0.1) is 0 Å². The molecule has 21 heavy (non-hydrogen) atoms. The van der Waals surface area contributed by atoms with Gasteiger partial charge in [0.2, 0.25) is 10.0 Å². The predicted octanol–water partition coefficient (Wildman–Crippen LogP) is 1.59. The van der Waals surface area contributed by atoms with E-state index in [-0.39, 0.29) is 5.54 Å². The smallest absolute Gasteiger partial charge is 0.243 e. The first-order valence-corrected chi connectivity index (χ1v) is 8.90. The first-order valence-electron chi connectivity index (χ1n) is 7.42. The zero-order chi connectivity index (χ0) is 14.5. The Morgan fingerprint density at radius 2 is 2.05 bits per heavy atom. The van der Waals surface area contributed by atoms with Crippen LogP contribution in [0.1, 0.15) is 19.3 Å². The molecule has 1 aromatic carbocycles. The minimum Gasteiger partial charge on any atom is -0.360 e. The van der Waals surface area contributed by atoms with Crippen molar-refractivity contribution in [2.75, 3.05) is 13.1 Å². The second-order valence-corrected chi connectivity index (χ2v) is 7.80. The third-order valence-corrected chi connectivity index (χ3v) is 6.40. The molecule has 1 aromatic heterocycles. The van der Waals surface area contributed by atoms with Crippen LogP contribution in [0.3, 0.4) is 0 Å². The highest BCUT2D eigenvalue weighted by atomic mass is 32.2. The molecule has 0 amide bonds. The summed E-state index contributed by atoms with van der Waals surface area (Å²) >= 11 is 0. The fourth-order valence-corrected chi connectivity index (χ4v) is 5.14. The molecule has 1 aliphatic heterocycles. The number of hydrogen-bond acceptors (Lipinski definition) is 3. The minimum absolute atomic E-state index is 0.222. The monoisotopic (exact) mass is 305 g/mol. The normalized spacial score (nSPS) is 24.5. The first-order chi connectivity index (χ1) is 10.1. The SMILES string of the molecule is O=S(=O)(NC1(C2CCNC2)CC1)c1c[nH]c2ccccc12. The molecule has 1 saturated heterocycles. The standard InChI is InChI=1S/C15H19N3O2S/c19-21(20,14-10-17-13-4-2-1-3-12(13)14)18-15(6-7-15)11-5-8-16-9-11/h1-4,10-11,16-18H,5-9H2. The molecule has 6 heteroatoms. The molecular weight excluding hydrogens is 286 g/mol. The maximum Gasteiger partial charge on any atom is 0.243 e. The van der Waals surface area contributed by atoms with Crippen molar-refractivity contribution in [1.29, 1.82) is 0 Å². The number of aromatic nitrogens is 1. The second kappa shape index (κ2) is 4.56. The van der Waals surface area contributed by atoms with E-state index in [1.54, 1.807) is 6.20 Å². The van der Waals surface area contributed by atoms with Gasteiger partial charge >= 0.3 is 0 Å². The topological polar surface area (TPSA) is 74.0 Å². The van der Waals surface area contributed by atoms with E-state index >= 15 is 0 Å². The van der Waals surface area contributed by atoms with Crippen molar-refractivity contribution in [1.82, 2.24) is 15.0 Å². The highest BCUT2D eigenvalue weighted by Crippen LogP contribution is 2.46. The molecule has 2 aromatic rings. The highest BCUT2D eigenvalue weighted by Gasteiger charge is 2.52. The zero-order valence-electron chi connectivity index (χ0n) is 11.7. The van der Waals surface area contributed by atoms with Gasteiger partial charge in [-0.05, 0) is 44.3 Å². The molecule has 0 bridgehead atoms. The third-order valence-electron chi connectivity index (χ3n) is 4.81. The van der Waals surface area contributed by atoms with Gasteiger partial charge in [-0.25, -0.2) is 13.1 Å². The van der Waals surface area contributed by atoms with Gasteiger partial charge < -0.3 is 10.3 Å². The summed E-state index contributed by atoms with van der Waals surface area (Å²) in [5.74, 6) is 0.414. The molecular formula is C15H19N3O2S. The van der Waals surface area contributed by atoms with Gasteiger partial charge in [-0.2, -0.15) is 0 Å². The summed E-state index contributed by atoms with van der Waals surface area (Å²) in [5.41, 5.74) is 0.631. The number of hydrogen-bond donors (Lipinski definition) is 3. The maximum absolute atomic E-state index is 12.8. The summed E-state index contributed by atoms with van der Waals surface area (Å²) in [6.07, 6.45) is 4.54. The molecule has 0 spiro atoms. The van der Waals surface area contributed by atoms with Crippen LogP contribution >= 0.6 is 0 Å². The summed E-state index contributed by atoms with van der Waals surface area (Å²) < 4.78 is 28.5. The fourth-order valence-electron chi connectivity index (χ4n) is 3.44. The third kappa shape index (κ3) is 2.18. The van der Waals surface area contributed by atoms with Crippen LogP contribution in [0.2, 0.25) is 0 Å². The Labute approximate surface area is 124 Å². The largest absolute Gasteiger partial charge is 0.360 e. The van der Waals surface area contributed by atoms with Gasteiger partial charge in [-0.1, -0.05) is 18.2 Å². The van der Waals surface area contributed by atoms with E-state index in [4.69, 9.17) is 0 Å². The van der Waals surface area contributed by atoms with Gasteiger partial charge in [-0.15, -0.1) is 0 Å². The summed E-state index contributed by atoms with van der Waals surface area (Å²) in [5, 5.41) is 4.08. The molecule has 3 N–H and O–H groups in total. The van der Waals surface area contributed by atoms with Crippen LogP contribution in [0.25, 0.3) is 10.9 Å². The summed E-state index contributed by atoms with van der Waals surface area (Å²) in [6, 6.07) is 7.50. The second-order valence-electron chi connectivity index (χ2n) is 6.15. The average Bonchev–Trinajstić information content (AvgIpc) is 2.96. The van der Waals surface area contributed by atoms with E-state index in [1.807, 2.05) is 24.3 Å². The van der Waals surface area contributed by atoms with Crippen LogP contribution in [0, 0.1) is 5.92 Å². The Hall–Kier alpha value is -1.37. The average molecular weight is 305 g/mol. The molecule has 1 unspecified atom stereocenters. The molecule has 0 radical (unpaired) electrons. The van der Waals surface area contributed by atoms with Crippen LogP contribution in [-0.2, 0) is 10.0 Å². The molecule has 5 nitrogen and oxygen atoms in total. The number of para-hydroxylation sites is 1. The summed E-state index contributed by atoms with van der Waals surface area (Å²) in [7, 11) is -3.49. The van der Waals surface area contributed by atoms with Crippen molar-refractivity contribution in [3.63, 3.8) is 0 Å². The molecule has 2 aliphatic rings. The van der Waals surface area contributed by atoms with E-state index in [1.165, 1.54) is 0 Å². The molecule has 1 saturated carbocycles. The van der Waals surface area contributed by atoms with Gasteiger partial charge in [-0.3, -0.25) is 0 Å². The lowest BCUT2D eigenvalue weighted by Gasteiger charge is -2.23. The fraction of sp³-hybridized carbons (Fsp3) is 0.467. The van der Waals surface area contributed by atoms with E-state index in [2.05, 4.69) is 15.0 Å². The van der Waals surface area contributed by atoms with Gasteiger partial charge in [0.15, 0.2) is 0 Å². The Morgan fingerprint density at radius 3 is 2.76 bits per heavy atom. The van der Waals surface area contributed by atoms with Crippen molar-refractivity contribution in [2.45, 2.75) is 29.7 Å². The van der Waals surface area contributed by atoms with E-state index in [0.29, 0.717) is 10.8 Å². The molecule has 4 rings (SSSR count). The molecule has 2 heterocycles. The van der Waals surface area contributed by atoms with E-state index < -0.39 is 10.0 Å². The van der Waals surface area contributed by atoms with Crippen LogP contribution in [-0.4, -0.2) is 32.0 Å². The van der Waals surface area contributed by atoms with Crippen LogP contribution in [0.15, 0.2) is 35.4 Å². The van der Waals surface area contributed by atoms with Crippen LogP contribution in [0.5, 0.6) is 0 Å². The number of sulfonamides is 1. The van der Waals surface area contributed by atoms with E-state index in [9.17, 15) is 8.42 Å². The molecule has 112 valence electrons. The van der Waals surface area contributed by atoms with Crippen molar-refractivity contribution in [3.05, 3.63) is 30.5 Å². The lowest BCUT2D eigenvalue weighted by molar-refractivity contribution is 0.401. The van der Waals surface area contributed by atoms with Crippen LogP contribution in [0.4, 0.5) is 0 Å². The molecule has 1 atom stereocenters. The van der Waals surface area contributed by atoms with E-state index in [0.717, 1.165) is 43.3 Å². The Bertz CT molecular complexity index is 771. The van der Waals surface area contributed by atoms with Crippen LogP contribution < -0.4 is 10.0 Å². The summed E-state index contributed by atoms with van der Waals surface area (Å²) in [4.78, 5) is 3.40. The molecule has 1 aliphatic carbocycles. The number of aromatic amines is 1. The number of fused-ring (bicyclic) bond motifs is 1. The zero-order valence-corrected chi connectivity index (χ0v) is 12.5. The summed E-state index contributed by atoms with van der Waals surface area (Å²) in [6.45, 7) is 1.90. The van der Waals surface area contributed by atoms with Crippen molar-refractivity contribution >= 4 is 20.9 Å². The lowest BCUT2D eigenvalue weighted by atomic mass is 9.98. The van der Waals surface area contributed by atoms with Gasteiger partial charge in [0.25, 0.3) is 0 Å².